The highest BCUT2D eigenvalue weighted by Crippen LogP contribution is 2.16. The van der Waals surface area contributed by atoms with E-state index >= 15 is 0 Å². The van der Waals surface area contributed by atoms with Gasteiger partial charge in [-0.05, 0) is 31.1 Å². The molecule has 0 fully saturated rings. The zero-order valence-electron chi connectivity index (χ0n) is 9.76. The Morgan fingerprint density at radius 3 is 2.62 bits per heavy atom. The number of benzene rings is 1. The van der Waals surface area contributed by atoms with Crippen LogP contribution >= 0.6 is 0 Å². The summed E-state index contributed by atoms with van der Waals surface area (Å²) < 4.78 is 5.09. The van der Waals surface area contributed by atoms with Crippen LogP contribution in [0.3, 0.4) is 0 Å². The lowest BCUT2D eigenvalue weighted by Gasteiger charge is -2.08. The zero-order chi connectivity index (χ0) is 11.8. The third kappa shape index (κ3) is 4.01. The predicted octanol–water partition coefficient (Wildman–Crippen LogP) is 3.00. The zero-order valence-corrected chi connectivity index (χ0v) is 9.76. The molecule has 2 nitrogen and oxygen atoms in total. The van der Waals surface area contributed by atoms with Crippen LogP contribution in [0, 0.1) is 0 Å². The first-order valence-electron chi connectivity index (χ1n) is 5.47. The number of hydrogen-bond acceptors (Lipinski definition) is 2. The Morgan fingerprint density at radius 2 is 2.06 bits per heavy atom. The lowest BCUT2D eigenvalue weighted by Crippen LogP contribution is -2.08. The van der Waals surface area contributed by atoms with E-state index < -0.39 is 6.29 Å². The molecule has 1 rings (SSSR count). The third-order valence-electron chi connectivity index (χ3n) is 2.11. The van der Waals surface area contributed by atoms with Gasteiger partial charge in [0.05, 0.1) is 0 Å². The van der Waals surface area contributed by atoms with Crippen LogP contribution in [0.4, 0.5) is 0 Å². The smallest absolute Gasteiger partial charge is 0.174 e. The SMILES string of the molecule is C/C=C/C(=C\C(O)OCC)c1ccccc1. The number of aliphatic hydroxyl groups excluding tert-OH is 1. The van der Waals surface area contributed by atoms with E-state index in [0.29, 0.717) is 6.61 Å². The molecule has 16 heavy (non-hydrogen) atoms. The summed E-state index contributed by atoms with van der Waals surface area (Å²) in [5.74, 6) is 0. The first kappa shape index (κ1) is 12.7. The molecule has 0 aliphatic rings. The van der Waals surface area contributed by atoms with Crippen molar-refractivity contribution >= 4 is 5.57 Å². The second kappa shape index (κ2) is 6.99. The van der Waals surface area contributed by atoms with Crippen LogP contribution in [0.1, 0.15) is 19.4 Å². The number of rotatable bonds is 5. The van der Waals surface area contributed by atoms with Crippen LogP contribution in [0.15, 0.2) is 48.6 Å². The van der Waals surface area contributed by atoms with E-state index in [2.05, 4.69) is 0 Å². The summed E-state index contributed by atoms with van der Waals surface area (Å²) in [6.07, 6.45) is 4.75. The van der Waals surface area contributed by atoms with E-state index in [1.807, 2.05) is 56.3 Å². The second-order valence-electron chi connectivity index (χ2n) is 3.33. The third-order valence-corrected chi connectivity index (χ3v) is 2.11. The maximum absolute atomic E-state index is 9.58. The van der Waals surface area contributed by atoms with E-state index in [1.165, 1.54) is 0 Å². The van der Waals surface area contributed by atoms with E-state index in [-0.39, 0.29) is 0 Å². The molecular weight excluding hydrogens is 200 g/mol. The molecule has 1 aromatic rings. The van der Waals surface area contributed by atoms with E-state index in [4.69, 9.17) is 4.74 Å². The summed E-state index contributed by atoms with van der Waals surface area (Å²) in [6.45, 7) is 4.30. The molecule has 1 N–H and O–H groups in total. The van der Waals surface area contributed by atoms with Crippen molar-refractivity contribution in [2.75, 3.05) is 6.61 Å². The molecule has 2 heteroatoms. The summed E-state index contributed by atoms with van der Waals surface area (Å²) in [6, 6.07) is 9.92. The van der Waals surface area contributed by atoms with Crippen LogP contribution in [0.25, 0.3) is 5.57 Å². The van der Waals surface area contributed by atoms with Gasteiger partial charge in [-0.15, -0.1) is 0 Å². The summed E-state index contributed by atoms with van der Waals surface area (Å²) in [5, 5.41) is 9.58. The number of allylic oxidation sites excluding steroid dienone is 3. The summed E-state index contributed by atoms with van der Waals surface area (Å²) in [5.41, 5.74) is 2.03. The van der Waals surface area contributed by atoms with Crippen molar-refractivity contribution in [3.8, 4) is 0 Å². The number of aliphatic hydroxyl groups is 1. The van der Waals surface area contributed by atoms with Gasteiger partial charge in [-0.3, -0.25) is 0 Å². The molecule has 1 atom stereocenters. The quantitative estimate of drug-likeness (QED) is 0.608. The van der Waals surface area contributed by atoms with E-state index in [9.17, 15) is 5.11 Å². The van der Waals surface area contributed by atoms with Gasteiger partial charge in [0.1, 0.15) is 0 Å². The molecule has 0 spiro atoms. The average molecular weight is 218 g/mol. The monoisotopic (exact) mass is 218 g/mol. The van der Waals surface area contributed by atoms with E-state index in [1.54, 1.807) is 6.08 Å². The molecule has 0 heterocycles. The van der Waals surface area contributed by atoms with Crippen LogP contribution in [0.2, 0.25) is 0 Å². The first-order chi connectivity index (χ1) is 7.77. The normalized spacial score (nSPS) is 14.3. The molecule has 86 valence electrons. The van der Waals surface area contributed by atoms with Gasteiger partial charge >= 0.3 is 0 Å². The Labute approximate surface area is 96.9 Å². The van der Waals surface area contributed by atoms with Crippen LogP contribution in [0.5, 0.6) is 0 Å². The minimum Gasteiger partial charge on any atom is -0.365 e. The number of hydrogen-bond donors (Lipinski definition) is 1. The highest BCUT2D eigenvalue weighted by Gasteiger charge is 2.02. The Hall–Kier alpha value is -1.38. The second-order valence-corrected chi connectivity index (χ2v) is 3.33. The highest BCUT2D eigenvalue weighted by molar-refractivity contribution is 5.74. The van der Waals surface area contributed by atoms with Gasteiger partial charge in [-0.1, -0.05) is 42.5 Å². The van der Waals surface area contributed by atoms with Gasteiger partial charge in [0.15, 0.2) is 6.29 Å². The molecule has 0 bridgehead atoms. The molecule has 0 aliphatic heterocycles. The molecule has 0 amide bonds. The Balaban J connectivity index is 2.91. The molecule has 1 aromatic carbocycles. The van der Waals surface area contributed by atoms with Crippen LogP contribution in [-0.2, 0) is 4.74 Å². The Kier molecular flexibility index (Phi) is 5.54. The van der Waals surface area contributed by atoms with Gasteiger partial charge in [0.2, 0.25) is 0 Å². The molecular formula is C14H18O2. The van der Waals surface area contributed by atoms with Gasteiger partial charge in [-0.25, -0.2) is 0 Å². The fourth-order valence-corrected chi connectivity index (χ4v) is 1.43. The topological polar surface area (TPSA) is 29.5 Å². The molecule has 0 aliphatic carbocycles. The Morgan fingerprint density at radius 1 is 1.38 bits per heavy atom. The average Bonchev–Trinajstić information content (AvgIpc) is 2.30. The maximum Gasteiger partial charge on any atom is 0.174 e. The number of ether oxygens (including phenoxy) is 1. The molecule has 0 saturated heterocycles. The van der Waals surface area contributed by atoms with Crippen molar-refractivity contribution in [1.29, 1.82) is 0 Å². The fourth-order valence-electron chi connectivity index (χ4n) is 1.43. The highest BCUT2D eigenvalue weighted by atomic mass is 16.6. The van der Waals surface area contributed by atoms with Crippen LogP contribution in [-0.4, -0.2) is 18.0 Å². The molecule has 1 unspecified atom stereocenters. The standard InChI is InChI=1S/C14H18O2/c1-3-8-13(11-14(15)16-4-2)12-9-6-5-7-10-12/h3,5-11,14-15H,4H2,1-2H3/b8-3+,13-11+. The van der Waals surface area contributed by atoms with Crippen molar-refractivity contribution in [3.05, 3.63) is 54.1 Å². The molecule has 0 radical (unpaired) electrons. The van der Waals surface area contributed by atoms with Crippen molar-refractivity contribution in [3.63, 3.8) is 0 Å². The molecule has 0 saturated carbocycles. The van der Waals surface area contributed by atoms with Crippen molar-refractivity contribution in [2.24, 2.45) is 0 Å². The van der Waals surface area contributed by atoms with Crippen molar-refractivity contribution < 1.29 is 9.84 Å². The summed E-state index contributed by atoms with van der Waals surface area (Å²) in [7, 11) is 0. The minimum absolute atomic E-state index is 0.496. The lowest BCUT2D eigenvalue weighted by atomic mass is 10.1. The lowest BCUT2D eigenvalue weighted by molar-refractivity contribution is -0.0583. The van der Waals surface area contributed by atoms with Crippen LogP contribution < -0.4 is 0 Å². The maximum atomic E-state index is 9.58. The first-order valence-corrected chi connectivity index (χ1v) is 5.47. The fraction of sp³-hybridized carbons (Fsp3) is 0.286. The van der Waals surface area contributed by atoms with Gasteiger partial charge in [-0.2, -0.15) is 0 Å². The summed E-state index contributed by atoms with van der Waals surface area (Å²) >= 11 is 0. The Bertz CT molecular complexity index is 352. The summed E-state index contributed by atoms with van der Waals surface area (Å²) in [4.78, 5) is 0. The van der Waals surface area contributed by atoms with Gasteiger partial charge in [0.25, 0.3) is 0 Å². The van der Waals surface area contributed by atoms with Crippen molar-refractivity contribution in [1.82, 2.24) is 0 Å². The van der Waals surface area contributed by atoms with E-state index in [0.717, 1.165) is 11.1 Å². The van der Waals surface area contributed by atoms with Gasteiger partial charge in [0, 0.05) is 6.61 Å². The van der Waals surface area contributed by atoms with Crippen molar-refractivity contribution in [2.45, 2.75) is 20.1 Å². The van der Waals surface area contributed by atoms with Gasteiger partial charge < -0.3 is 9.84 Å². The predicted molar refractivity (Wildman–Crippen MR) is 66.9 cm³/mol. The minimum atomic E-state index is -0.851. The largest absolute Gasteiger partial charge is 0.365 e. The molecule has 0 aromatic heterocycles.